The highest BCUT2D eigenvalue weighted by atomic mass is 16.2. The highest BCUT2D eigenvalue weighted by Gasteiger charge is 2.34. The highest BCUT2D eigenvalue weighted by Crippen LogP contribution is 2.27. The van der Waals surface area contributed by atoms with Crippen molar-refractivity contribution in [2.45, 2.75) is 0 Å². The monoisotopic (exact) mass is 317 g/mol. The fourth-order valence-electron chi connectivity index (χ4n) is 2.99. The molecule has 0 fully saturated rings. The zero-order chi connectivity index (χ0) is 16.7. The van der Waals surface area contributed by atoms with Crippen LogP contribution in [0.25, 0.3) is 10.8 Å². The van der Waals surface area contributed by atoms with Gasteiger partial charge in [-0.2, -0.15) is 0 Å². The summed E-state index contributed by atoms with van der Waals surface area (Å²) in [4.78, 5) is 26.0. The van der Waals surface area contributed by atoms with Gasteiger partial charge in [0, 0.05) is 16.8 Å². The molecular weight excluding hydrogens is 302 g/mol. The quantitative estimate of drug-likeness (QED) is 0.575. The number of hydrogen-bond donors (Lipinski definition) is 2. The molecule has 0 bridgehead atoms. The lowest BCUT2D eigenvalue weighted by molar-refractivity contribution is 0.0666. The van der Waals surface area contributed by atoms with E-state index in [9.17, 15) is 9.59 Å². The third kappa shape index (κ3) is 2.18. The Hall–Kier alpha value is -3.34. The summed E-state index contributed by atoms with van der Waals surface area (Å²) in [5.41, 5.74) is 8.26. The van der Waals surface area contributed by atoms with Crippen LogP contribution in [-0.4, -0.2) is 23.4 Å². The standard InChI is InChI=1S/C19H15N3O2/c20-13-9-8-12-4-3-7-17(16(12)10-13)21-11-22-18(23)14-5-1-2-6-15(14)19(22)24/h1-10,21H,11,20H2. The molecule has 0 aromatic heterocycles. The van der Waals surface area contributed by atoms with Crippen molar-refractivity contribution >= 4 is 34.0 Å². The zero-order valence-corrected chi connectivity index (χ0v) is 12.8. The van der Waals surface area contributed by atoms with Crippen molar-refractivity contribution in [3.05, 3.63) is 71.8 Å². The third-order valence-corrected chi connectivity index (χ3v) is 4.21. The van der Waals surface area contributed by atoms with Gasteiger partial charge in [-0.05, 0) is 35.7 Å². The van der Waals surface area contributed by atoms with Gasteiger partial charge in [-0.15, -0.1) is 0 Å². The van der Waals surface area contributed by atoms with Gasteiger partial charge in [0.05, 0.1) is 17.8 Å². The molecular formula is C19H15N3O2. The number of nitrogens with zero attached hydrogens (tertiary/aromatic N) is 1. The molecule has 1 aliphatic rings. The van der Waals surface area contributed by atoms with E-state index >= 15 is 0 Å². The number of fused-ring (bicyclic) bond motifs is 2. The Morgan fingerprint density at radius 3 is 2.29 bits per heavy atom. The minimum absolute atomic E-state index is 0.111. The molecule has 0 unspecified atom stereocenters. The van der Waals surface area contributed by atoms with E-state index in [4.69, 9.17) is 5.73 Å². The first-order chi connectivity index (χ1) is 11.6. The van der Waals surface area contributed by atoms with Crippen molar-refractivity contribution in [3.8, 4) is 0 Å². The Balaban J connectivity index is 1.62. The molecule has 1 aliphatic heterocycles. The molecule has 1 heterocycles. The van der Waals surface area contributed by atoms with Crippen LogP contribution < -0.4 is 11.1 Å². The van der Waals surface area contributed by atoms with Crippen molar-refractivity contribution in [1.29, 1.82) is 0 Å². The van der Waals surface area contributed by atoms with E-state index in [0.717, 1.165) is 16.5 Å². The first-order valence-electron chi connectivity index (χ1n) is 7.62. The van der Waals surface area contributed by atoms with Crippen molar-refractivity contribution in [3.63, 3.8) is 0 Å². The molecule has 3 N–H and O–H groups in total. The molecule has 0 saturated heterocycles. The number of anilines is 2. The maximum Gasteiger partial charge on any atom is 0.263 e. The smallest absolute Gasteiger partial charge is 0.263 e. The summed E-state index contributed by atoms with van der Waals surface area (Å²) in [6.07, 6.45) is 0. The van der Waals surface area contributed by atoms with Crippen molar-refractivity contribution < 1.29 is 9.59 Å². The van der Waals surface area contributed by atoms with Gasteiger partial charge in [0.1, 0.15) is 0 Å². The van der Waals surface area contributed by atoms with E-state index < -0.39 is 0 Å². The number of benzene rings is 3. The summed E-state index contributed by atoms with van der Waals surface area (Å²) >= 11 is 0. The Kier molecular flexibility index (Phi) is 3.20. The fourth-order valence-corrected chi connectivity index (χ4v) is 2.99. The highest BCUT2D eigenvalue weighted by molar-refractivity contribution is 6.21. The first-order valence-corrected chi connectivity index (χ1v) is 7.62. The minimum Gasteiger partial charge on any atom is -0.399 e. The minimum atomic E-state index is -0.275. The van der Waals surface area contributed by atoms with Gasteiger partial charge in [0.2, 0.25) is 0 Å². The van der Waals surface area contributed by atoms with Crippen molar-refractivity contribution in [2.24, 2.45) is 0 Å². The SMILES string of the molecule is Nc1ccc2cccc(NCN3C(=O)c4ccccc4C3=O)c2c1. The Morgan fingerprint density at radius 1 is 0.875 bits per heavy atom. The van der Waals surface area contributed by atoms with Crippen LogP contribution >= 0.6 is 0 Å². The molecule has 118 valence electrons. The molecule has 0 atom stereocenters. The molecule has 24 heavy (non-hydrogen) atoms. The summed E-state index contributed by atoms with van der Waals surface area (Å²) in [5, 5.41) is 5.17. The molecule has 0 spiro atoms. The van der Waals surface area contributed by atoms with Crippen molar-refractivity contribution in [2.75, 3.05) is 17.7 Å². The van der Waals surface area contributed by atoms with Gasteiger partial charge < -0.3 is 11.1 Å². The second-order valence-corrected chi connectivity index (χ2v) is 5.70. The number of imide groups is 1. The van der Waals surface area contributed by atoms with E-state index in [1.54, 1.807) is 24.3 Å². The molecule has 5 nitrogen and oxygen atoms in total. The third-order valence-electron chi connectivity index (χ3n) is 4.21. The number of nitrogens with one attached hydrogen (secondary N) is 1. The molecule has 5 heteroatoms. The number of amides is 2. The van der Waals surface area contributed by atoms with Gasteiger partial charge in [-0.25, -0.2) is 0 Å². The molecule has 0 radical (unpaired) electrons. The summed E-state index contributed by atoms with van der Waals surface area (Å²) < 4.78 is 0. The van der Waals surface area contributed by atoms with E-state index in [1.165, 1.54) is 4.90 Å². The number of rotatable bonds is 3. The van der Waals surface area contributed by atoms with Crippen LogP contribution in [-0.2, 0) is 0 Å². The fraction of sp³-hybridized carbons (Fsp3) is 0.0526. The number of hydrogen-bond acceptors (Lipinski definition) is 4. The lowest BCUT2D eigenvalue weighted by Crippen LogP contribution is -2.34. The molecule has 3 aromatic carbocycles. The average Bonchev–Trinajstić information content (AvgIpc) is 2.84. The molecule has 4 rings (SSSR count). The van der Waals surface area contributed by atoms with Crippen LogP contribution in [0.3, 0.4) is 0 Å². The number of carbonyl (C=O) groups is 2. The Labute approximate surface area is 138 Å². The zero-order valence-electron chi connectivity index (χ0n) is 12.8. The molecule has 0 aliphatic carbocycles. The predicted octanol–water partition coefficient (Wildman–Crippen LogP) is 3.09. The maximum absolute atomic E-state index is 12.4. The van der Waals surface area contributed by atoms with Gasteiger partial charge in [0.25, 0.3) is 11.8 Å². The second kappa shape index (κ2) is 5.38. The van der Waals surface area contributed by atoms with Crippen LogP contribution in [0.1, 0.15) is 20.7 Å². The largest absolute Gasteiger partial charge is 0.399 e. The summed E-state index contributed by atoms with van der Waals surface area (Å²) in [7, 11) is 0. The molecule has 2 amide bonds. The topological polar surface area (TPSA) is 75.4 Å². The summed E-state index contributed by atoms with van der Waals surface area (Å²) in [5.74, 6) is -0.550. The summed E-state index contributed by atoms with van der Waals surface area (Å²) in [6, 6.07) is 18.3. The van der Waals surface area contributed by atoms with E-state index in [2.05, 4.69) is 5.32 Å². The maximum atomic E-state index is 12.4. The predicted molar refractivity (Wildman–Crippen MR) is 93.8 cm³/mol. The Morgan fingerprint density at radius 2 is 1.58 bits per heavy atom. The van der Waals surface area contributed by atoms with Gasteiger partial charge >= 0.3 is 0 Å². The summed E-state index contributed by atoms with van der Waals surface area (Å²) in [6.45, 7) is 0.111. The number of nitrogen functional groups attached to an aromatic ring is 1. The van der Waals surface area contributed by atoms with Gasteiger partial charge in [0.15, 0.2) is 0 Å². The number of carbonyl (C=O) groups excluding carboxylic acids is 2. The van der Waals surface area contributed by atoms with E-state index in [-0.39, 0.29) is 18.5 Å². The van der Waals surface area contributed by atoms with Crippen LogP contribution in [0.15, 0.2) is 60.7 Å². The van der Waals surface area contributed by atoms with Crippen LogP contribution in [0, 0.1) is 0 Å². The number of nitrogens with two attached hydrogens (primary N) is 1. The lowest BCUT2D eigenvalue weighted by Gasteiger charge is -2.17. The van der Waals surface area contributed by atoms with E-state index in [0.29, 0.717) is 16.8 Å². The van der Waals surface area contributed by atoms with Crippen molar-refractivity contribution in [1.82, 2.24) is 4.90 Å². The normalized spacial score (nSPS) is 13.4. The van der Waals surface area contributed by atoms with Gasteiger partial charge in [-0.3, -0.25) is 14.5 Å². The molecule has 0 saturated carbocycles. The lowest BCUT2D eigenvalue weighted by atomic mass is 10.1. The van der Waals surface area contributed by atoms with E-state index in [1.807, 2.05) is 36.4 Å². The van der Waals surface area contributed by atoms with Gasteiger partial charge in [-0.1, -0.05) is 30.3 Å². The van der Waals surface area contributed by atoms with Crippen LogP contribution in [0.2, 0.25) is 0 Å². The first kappa shape index (κ1) is 14.3. The van der Waals surface area contributed by atoms with Crippen LogP contribution in [0.5, 0.6) is 0 Å². The Bertz CT molecular complexity index is 946. The molecule has 3 aromatic rings. The second-order valence-electron chi connectivity index (χ2n) is 5.70. The van der Waals surface area contributed by atoms with Crippen LogP contribution in [0.4, 0.5) is 11.4 Å². The average molecular weight is 317 g/mol.